The Bertz CT molecular complexity index is 606. The molecule has 0 saturated carbocycles. The molecule has 0 aliphatic heterocycles. The zero-order valence-electron chi connectivity index (χ0n) is 10.6. The van der Waals surface area contributed by atoms with E-state index in [0.29, 0.717) is 11.2 Å². The highest BCUT2D eigenvalue weighted by Crippen LogP contribution is 2.17. The van der Waals surface area contributed by atoms with Crippen LogP contribution in [0.2, 0.25) is 5.15 Å². The molecule has 0 unspecified atom stereocenters. The van der Waals surface area contributed by atoms with E-state index in [0.717, 1.165) is 0 Å². The van der Waals surface area contributed by atoms with Crippen LogP contribution in [0.25, 0.3) is 11.2 Å². The lowest BCUT2D eigenvalue weighted by atomic mass is 10.2. The van der Waals surface area contributed by atoms with Crippen molar-refractivity contribution in [1.82, 2.24) is 25.4 Å². The van der Waals surface area contributed by atoms with E-state index in [9.17, 15) is 4.79 Å². The predicted molar refractivity (Wildman–Crippen MR) is 69.7 cm³/mol. The number of amides is 1. The largest absolute Gasteiger partial charge is 0.443 e. The Labute approximate surface area is 113 Å². The molecule has 0 atom stereocenters. The number of ether oxygens (including phenoxy) is 1. The van der Waals surface area contributed by atoms with Crippen LogP contribution in [0.5, 0.6) is 0 Å². The third-order valence-corrected chi connectivity index (χ3v) is 2.18. The second-order valence-corrected chi connectivity index (χ2v) is 5.05. The molecule has 2 heterocycles. The van der Waals surface area contributed by atoms with Gasteiger partial charge in [0.2, 0.25) is 5.95 Å². The van der Waals surface area contributed by atoms with Crippen LogP contribution in [-0.4, -0.2) is 31.6 Å². The lowest BCUT2D eigenvalue weighted by Crippen LogP contribution is -2.36. The van der Waals surface area contributed by atoms with Crippen molar-refractivity contribution in [2.75, 3.05) is 5.43 Å². The topological polar surface area (TPSA) is 105 Å². The number of hydrazine groups is 1. The number of rotatable bonds is 2. The van der Waals surface area contributed by atoms with Crippen molar-refractivity contribution < 1.29 is 9.53 Å². The summed E-state index contributed by atoms with van der Waals surface area (Å²) in [7, 11) is 0. The van der Waals surface area contributed by atoms with Crippen molar-refractivity contribution in [2.24, 2.45) is 0 Å². The number of carbonyl (C=O) groups excluding carboxylic acids is 1. The first-order valence-electron chi connectivity index (χ1n) is 5.47. The Morgan fingerprint density at radius 3 is 2.84 bits per heavy atom. The van der Waals surface area contributed by atoms with Crippen LogP contribution in [-0.2, 0) is 4.74 Å². The minimum absolute atomic E-state index is 0.132. The van der Waals surface area contributed by atoms with Gasteiger partial charge in [-0.2, -0.15) is 9.97 Å². The smallest absolute Gasteiger partial charge is 0.426 e. The first-order chi connectivity index (χ1) is 8.85. The van der Waals surface area contributed by atoms with Gasteiger partial charge in [-0.25, -0.2) is 15.2 Å². The van der Waals surface area contributed by atoms with Crippen molar-refractivity contribution in [3.8, 4) is 0 Å². The van der Waals surface area contributed by atoms with Gasteiger partial charge in [0.25, 0.3) is 0 Å². The van der Waals surface area contributed by atoms with Crippen LogP contribution in [0, 0.1) is 0 Å². The molecule has 2 rings (SSSR count). The van der Waals surface area contributed by atoms with Crippen molar-refractivity contribution in [1.29, 1.82) is 0 Å². The molecule has 2 aromatic rings. The molecule has 8 nitrogen and oxygen atoms in total. The second-order valence-electron chi connectivity index (χ2n) is 4.69. The summed E-state index contributed by atoms with van der Waals surface area (Å²) in [6.45, 7) is 5.28. The molecule has 1 amide bonds. The number of imidazole rings is 1. The molecule has 2 aromatic heterocycles. The zero-order chi connectivity index (χ0) is 14.0. The van der Waals surface area contributed by atoms with Gasteiger partial charge in [0.15, 0.2) is 10.8 Å². The lowest BCUT2D eigenvalue weighted by Gasteiger charge is -2.19. The maximum Gasteiger partial charge on any atom is 0.426 e. The van der Waals surface area contributed by atoms with E-state index in [1.54, 1.807) is 20.8 Å². The Morgan fingerprint density at radius 1 is 1.42 bits per heavy atom. The van der Waals surface area contributed by atoms with Gasteiger partial charge in [-0.15, -0.1) is 0 Å². The summed E-state index contributed by atoms with van der Waals surface area (Å²) >= 11 is 5.91. The van der Waals surface area contributed by atoms with Crippen LogP contribution in [0.4, 0.5) is 10.7 Å². The number of fused-ring (bicyclic) bond motifs is 1. The summed E-state index contributed by atoms with van der Waals surface area (Å²) in [5, 5.41) is 0.180. The van der Waals surface area contributed by atoms with E-state index in [-0.39, 0.29) is 11.1 Å². The zero-order valence-corrected chi connectivity index (χ0v) is 11.4. The van der Waals surface area contributed by atoms with E-state index in [4.69, 9.17) is 16.3 Å². The first kappa shape index (κ1) is 13.3. The molecular formula is C10H13ClN6O2. The SMILES string of the molecule is CC(C)(C)OC(=O)NNc1nc(Cl)c2nc[nH]c2n1. The van der Waals surface area contributed by atoms with E-state index < -0.39 is 11.7 Å². The lowest BCUT2D eigenvalue weighted by molar-refractivity contribution is 0.0540. The molecule has 9 heteroatoms. The highest BCUT2D eigenvalue weighted by atomic mass is 35.5. The van der Waals surface area contributed by atoms with Gasteiger partial charge < -0.3 is 9.72 Å². The summed E-state index contributed by atoms with van der Waals surface area (Å²) in [4.78, 5) is 26.2. The molecule has 0 aliphatic carbocycles. The minimum Gasteiger partial charge on any atom is -0.443 e. The Balaban J connectivity index is 2.04. The summed E-state index contributed by atoms with van der Waals surface area (Å²) in [5.74, 6) is 0.132. The van der Waals surface area contributed by atoms with Gasteiger partial charge in [-0.3, -0.25) is 5.43 Å². The number of H-pyrrole nitrogens is 1. The molecular weight excluding hydrogens is 272 g/mol. The molecule has 0 fully saturated rings. The van der Waals surface area contributed by atoms with E-state index >= 15 is 0 Å². The third kappa shape index (κ3) is 3.44. The number of anilines is 1. The van der Waals surface area contributed by atoms with Crippen LogP contribution in [0.3, 0.4) is 0 Å². The van der Waals surface area contributed by atoms with Crippen LogP contribution in [0.1, 0.15) is 20.8 Å². The monoisotopic (exact) mass is 284 g/mol. The molecule has 0 aromatic carbocycles. The first-order valence-corrected chi connectivity index (χ1v) is 5.84. The van der Waals surface area contributed by atoms with Gasteiger partial charge in [0.1, 0.15) is 11.1 Å². The Kier molecular flexibility index (Phi) is 3.43. The number of hydrogen-bond donors (Lipinski definition) is 3. The summed E-state index contributed by atoms with van der Waals surface area (Å²) in [5.41, 5.74) is 5.16. The fourth-order valence-electron chi connectivity index (χ4n) is 1.27. The molecule has 0 bridgehead atoms. The van der Waals surface area contributed by atoms with Crippen LogP contribution in [0.15, 0.2) is 6.33 Å². The van der Waals surface area contributed by atoms with Gasteiger partial charge >= 0.3 is 6.09 Å². The van der Waals surface area contributed by atoms with E-state index in [1.807, 2.05) is 0 Å². The number of aromatic amines is 1. The van der Waals surface area contributed by atoms with Gasteiger partial charge in [-0.05, 0) is 20.8 Å². The second kappa shape index (κ2) is 4.88. The predicted octanol–water partition coefficient (Wildman–Crippen LogP) is 1.86. The third-order valence-electron chi connectivity index (χ3n) is 1.91. The maximum atomic E-state index is 11.4. The quantitative estimate of drug-likeness (QED) is 0.574. The average Bonchev–Trinajstić information content (AvgIpc) is 2.72. The van der Waals surface area contributed by atoms with Gasteiger partial charge in [0, 0.05) is 0 Å². The van der Waals surface area contributed by atoms with E-state index in [1.165, 1.54) is 6.33 Å². The molecule has 3 N–H and O–H groups in total. The minimum atomic E-state index is -0.642. The Hall–Kier alpha value is -2.09. The number of carbonyl (C=O) groups is 1. The summed E-state index contributed by atoms with van der Waals surface area (Å²) < 4.78 is 5.04. The average molecular weight is 285 g/mol. The fraction of sp³-hybridized carbons (Fsp3) is 0.400. The summed E-state index contributed by atoms with van der Waals surface area (Å²) in [6.07, 6.45) is 0.813. The number of nitrogens with one attached hydrogen (secondary N) is 3. The molecule has 102 valence electrons. The van der Waals surface area contributed by atoms with Crippen molar-refractivity contribution >= 4 is 34.8 Å². The van der Waals surface area contributed by atoms with Crippen molar-refractivity contribution in [3.05, 3.63) is 11.5 Å². The Morgan fingerprint density at radius 2 is 2.16 bits per heavy atom. The molecule has 0 radical (unpaired) electrons. The van der Waals surface area contributed by atoms with Crippen molar-refractivity contribution in [2.45, 2.75) is 26.4 Å². The maximum absolute atomic E-state index is 11.4. The normalized spacial score (nSPS) is 11.4. The van der Waals surface area contributed by atoms with Crippen LogP contribution < -0.4 is 10.9 Å². The molecule has 0 saturated heterocycles. The van der Waals surface area contributed by atoms with Gasteiger partial charge in [0.05, 0.1) is 6.33 Å². The van der Waals surface area contributed by atoms with Gasteiger partial charge in [-0.1, -0.05) is 11.6 Å². The highest BCUT2D eigenvalue weighted by Gasteiger charge is 2.16. The van der Waals surface area contributed by atoms with Crippen molar-refractivity contribution in [3.63, 3.8) is 0 Å². The fourth-order valence-corrected chi connectivity index (χ4v) is 1.49. The molecule has 0 spiro atoms. The number of hydrogen-bond acceptors (Lipinski definition) is 6. The van der Waals surface area contributed by atoms with E-state index in [2.05, 4.69) is 30.8 Å². The van der Waals surface area contributed by atoms with Crippen LogP contribution >= 0.6 is 11.6 Å². The number of aromatic nitrogens is 4. The summed E-state index contributed by atoms with van der Waals surface area (Å²) in [6, 6.07) is 0. The molecule has 0 aliphatic rings. The highest BCUT2D eigenvalue weighted by molar-refractivity contribution is 6.33. The molecule has 19 heavy (non-hydrogen) atoms. The number of halogens is 1. The standard InChI is InChI=1S/C10H13ClN6O2/c1-10(2,3)19-9(18)17-16-8-14-6(11)5-7(15-8)13-4-12-5/h4H,1-3H3,(H,17,18)(H2,12,13,14,15,16). The number of nitrogens with zero attached hydrogens (tertiary/aromatic N) is 3.